The molecule has 1 heteroatoms. The Bertz CT molecular complexity index is 476. The monoisotopic (exact) mass is 267 g/mol. The van der Waals surface area contributed by atoms with Gasteiger partial charge >= 0.3 is 0 Å². The Morgan fingerprint density at radius 3 is 1.89 bits per heavy atom. The first-order valence-electron chi connectivity index (χ1n) is 10.2. The molecule has 1 rings (SSSR count). The second-order valence-electron chi connectivity index (χ2n) is 4.98. The van der Waals surface area contributed by atoms with Gasteiger partial charge in [0.05, 0.1) is 13.5 Å². The molecule has 0 fully saturated rings. The average molecular weight is 267 g/mol. The summed E-state index contributed by atoms with van der Waals surface area (Å²) in [4.78, 5) is 0. The highest BCUT2D eigenvalue weighted by Gasteiger charge is 1.94. The highest BCUT2D eigenvalue weighted by Crippen LogP contribution is 2.12. The third kappa shape index (κ3) is 9.58. The fourth-order valence-corrected chi connectivity index (χ4v) is 2.07. The van der Waals surface area contributed by atoms with E-state index in [9.17, 15) is 0 Å². The van der Waals surface area contributed by atoms with E-state index in [2.05, 4.69) is 6.92 Å². The van der Waals surface area contributed by atoms with E-state index in [4.69, 9.17) is 11.6 Å². The zero-order chi connectivity index (χ0) is 17.9. The lowest BCUT2D eigenvalue weighted by Crippen LogP contribution is -1.96. The molecule has 0 aliphatic heterocycles. The molecule has 0 N–H and O–H groups in total. The molecule has 0 spiro atoms. The van der Waals surface area contributed by atoms with Gasteiger partial charge in [-0.25, -0.2) is 0 Å². The van der Waals surface area contributed by atoms with Gasteiger partial charge in [0.25, 0.3) is 0 Å². The molecule has 19 heavy (non-hydrogen) atoms. The van der Waals surface area contributed by atoms with Crippen LogP contribution in [0.25, 0.3) is 0 Å². The standard InChI is InChI=1S/C18H30O/c1-2-3-4-5-6-7-8-9-10-14-17-19-18-15-12-11-13-16-18/h11-13,15-16H,2-10,14,17H2,1H3/i11D,12D,13D,15D,16D. The first kappa shape index (κ1) is 9.85. The molecule has 0 saturated carbocycles. The van der Waals surface area contributed by atoms with Gasteiger partial charge in [-0.3, -0.25) is 0 Å². The first-order valence-corrected chi connectivity index (χ1v) is 7.70. The Hall–Kier alpha value is -0.980. The summed E-state index contributed by atoms with van der Waals surface area (Å²) in [6, 6.07) is -1.57. The van der Waals surface area contributed by atoms with Crippen molar-refractivity contribution in [3.63, 3.8) is 0 Å². The van der Waals surface area contributed by atoms with Crippen LogP contribution in [0, 0.1) is 0 Å². The molecule has 0 bridgehead atoms. The lowest BCUT2D eigenvalue weighted by molar-refractivity contribution is 0.304. The topological polar surface area (TPSA) is 9.23 Å². The van der Waals surface area contributed by atoms with Gasteiger partial charge in [-0.05, 0) is 18.5 Å². The molecular weight excluding hydrogens is 232 g/mol. The van der Waals surface area contributed by atoms with Gasteiger partial charge in [0.2, 0.25) is 0 Å². The third-order valence-electron chi connectivity index (χ3n) is 3.22. The highest BCUT2D eigenvalue weighted by molar-refractivity contribution is 5.20. The van der Waals surface area contributed by atoms with E-state index < -0.39 is 0 Å². The average Bonchev–Trinajstić information content (AvgIpc) is 2.58. The minimum atomic E-state index is -0.378. The first-order chi connectivity index (χ1) is 11.5. The van der Waals surface area contributed by atoms with E-state index in [1.54, 1.807) is 0 Å². The maximum Gasteiger partial charge on any atom is 0.119 e. The van der Waals surface area contributed by atoms with Crippen LogP contribution in [0.1, 0.15) is 78.0 Å². The van der Waals surface area contributed by atoms with Gasteiger partial charge < -0.3 is 4.74 Å². The molecule has 0 amide bonds. The Balaban J connectivity index is 2.20. The van der Waals surface area contributed by atoms with Gasteiger partial charge in [0.15, 0.2) is 0 Å². The maximum absolute atomic E-state index is 7.78. The third-order valence-corrected chi connectivity index (χ3v) is 3.22. The van der Waals surface area contributed by atoms with Crippen molar-refractivity contribution >= 4 is 0 Å². The zero-order valence-electron chi connectivity index (χ0n) is 17.2. The van der Waals surface area contributed by atoms with Crippen molar-refractivity contribution in [2.45, 2.75) is 71.1 Å². The summed E-state index contributed by atoms with van der Waals surface area (Å²) in [5.74, 6) is -0.0306. The van der Waals surface area contributed by atoms with E-state index in [1.807, 2.05) is 0 Å². The second-order valence-corrected chi connectivity index (χ2v) is 4.98. The fourth-order valence-electron chi connectivity index (χ4n) is 2.07. The normalized spacial score (nSPS) is 14.3. The second kappa shape index (κ2) is 12.1. The number of rotatable bonds is 12. The van der Waals surface area contributed by atoms with Crippen molar-refractivity contribution in [2.75, 3.05) is 6.61 Å². The molecule has 0 aromatic heterocycles. The van der Waals surface area contributed by atoms with Crippen LogP contribution in [0.5, 0.6) is 5.75 Å². The summed E-state index contributed by atoms with van der Waals surface area (Å²) < 4.78 is 43.8. The Morgan fingerprint density at radius 1 is 0.789 bits per heavy atom. The molecule has 0 aliphatic carbocycles. The lowest BCUT2D eigenvalue weighted by atomic mass is 10.1. The predicted molar refractivity (Wildman–Crippen MR) is 83.8 cm³/mol. The minimum Gasteiger partial charge on any atom is -0.494 e. The molecule has 0 heterocycles. The van der Waals surface area contributed by atoms with Crippen molar-refractivity contribution in [1.82, 2.24) is 0 Å². The van der Waals surface area contributed by atoms with Crippen molar-refractivity contribution in [1.29, 1.82) is 0 Å². The number of hydrogen-bond acceptors (Lipinski definition) is 1. The van der Waals surface area contributed by atoms with Crippen molar-refractivity contribution < 1.29 is 11.6 Å². The molecule has 1 nitrogen and oxygen atoms in total. The minimum absolute atomic E-state index is 0.0306. The Labute approximate surface area is 126 Å². The van der Waals surface area contributed by atoms with Gasteiger partial charge in [-0.2, -0.15) is 0 Å². The highest BCUT2D eigenvalue weighted by atomic mass is 16.5. The van der Waals surface area contributed by atoms with Crippen LogP contribution in [-0.4, -0.2) is 6.61 Å². The molecule has 0 unspecified atom stereocenters. The molecule has 0 saturated heterocycles. The number of ether oxygens (including phenoxy) is 1. The number of para-hydroxylation sites is 1. The molecule has 0 atom stereocenters. The quantitative estimate of drug-likeness (QED) is 0.423. The van der Waals surface area contributed by atoms with Crippen molar-refractivity contribution in [3.8, 4) is 5.75 Å². The van der Waals surface area contributed by atoms with E-state index in [-0.39, 0.29) is 36.0 Å². The van der Waals surface area contributed by atoms with Crippen molar-refractivity contribution in [2.24, 2.45) is 0 Å². The van der Waals surface area contributed by atoms with Gasteiger partial charge in [0, 0.05) is 0 Å². The van der Waals surface area contributed by atoms with Crippen LogP contribution in [0.4, 0.5) is 0 Å². The summed E-state index contributed by atoms with van der Waals surface area (Å²) in [6.45, 7) is 2.62. The van der Waals surface area contributed by atoms with Crippen LogP contribution in [0.3, 0.4) is 0 Å². The van der Waals surface area contributed by atoms with E-state index >= 15 is 0 Å². The number of benzene rings is 1. The van der Waals surface area contributed by atoms with Gasteiger partial charge in [0.1, 0.15) is 5.75 Å². The predicted octanol–water partition coefficient (Wildman–Crippen LogP) is 5.99. The van der Waals surface area contributed by atoms with Crippen molar-refractivity contribution in [3.05, 3.63) is 30.2 Å². The lowest BCUT2D eigenvalue weighted by Gasteiger charge is -2.05. The number of hydrogen-bond donors (Lipinski definition) is 0. The van der Waals surface area contributed by atoms with E-state index in [0.29, 0.717) is 6.61 Å². The van der Waals surface area contributed by atoms with Crippen LogP contribution >= 0.6 is 0 Å². The van der Waals surface area contributed by atoms with Gasteiger partial charge in [-0.1, -0.05) is 82.8 Å². The van der Waals surface area contributed by atoms with Crippen LogP contribution < -0.4 is 4.74 Å². The maximum atomic E-state index is 7.78. The largest absolute Gasteiger partial charge is 0.494 e. The van der Waals surface area contributed by atoms with Crippen LogP contribution in [0.2, 0.25) is 0 Å². The van der Waals surface area contributed by atoms with E-state index in [0.717, 1.165) is 19.3 Å². The molecule has 0 aliphatic rings. The molecule has 1 aromatic carbocycles. The van der Waals surface area contributed by atoms with Crippen LogP contribution in [-0.2, 0) is 0 Å². The van der Waals surface area contributed by atoms with Crippen LogP contribution in [0.15, 0.2) is 30.2 Å². The molecule has 0 radical (unpaired) electrons. The summed E-state index contributed by atoms with van der Waals surface area (Å²) in [6.07, 6.45) is 12.2. The summed E-state index contributed by atoms with van der Waals surface area (Å²) in [5.41, 5.74) is 0. The van der Waals surface area contributed by atoms with Gasteiger partial charge in [-0.15, -0.1) is 0 Å². The SMILES string of the molecule is [2H]c1c([2H])c([2H])c(OCCCCCCCCCCCC)c([2H])c1[2H]. The van der Waals surface area contributed by atoms with E-state index in [1.165, 1.54) is 44.9 Å². The number of unbranched alkanes of at least 4 members (excludes halogenated alkanes) is 9. The summed E-state index contributed by atoms with van der Waals surface area (Å²) >= 11 is 0. The molecule has 1 aromatic rings. The zero-order valence-corrected chi connectivity index (χ0v) is 12.2. The summed E-state index contributed by atoms with van der Waals surface area (Å²) in [7, 11) is 0. The Kier molecular flexibility index (Phi) is 6.26. The smallest absolute Gasteiger partial charge is 0.119 e. The molecule has 108 valence electrons. The Morgan fingerprint density at radius 2 is 1.32 bits per heavy atom. The summed E-state index contributed by atoms with van der Waals surface area (Å²) in [5, 5.41) is 0. The molecular formula is C18H30O. The fraction of sp³-hybridized carbons (Fsp3) is 0.667.